The Morgan fingerprint density at radius 3 is 2.59 bits per heavy atom. The first-order chi connectivity index (χ1) is 12.9. The molecule has 0 unspecified atom stereocenters. The van der Waals surface area contributed by atoms with Crippen LogP contribution in [0.2, 0.25) is 0 Å². The van der Waals surface area contributed by atoms with E-state index in [-0.39, 0.29) is 12.1 Å². The highest BCUT2D eigenvalue weighted by Crippen LogP contribution is 2.22. The zero-order valence-corrected chi connectivity index (χ0v) is 15.1. The van der Waals surface area contributed by atoms with Crippen LogP contribution in [-0.2, 0) is 16.4 Å². The topological polar surface area (TPSA) is 92.3 Å². The summed E-state index contributed by atoms with van der Waals surface area (Å²) in [4.78, 5) is 22.3. The van der Waals surface area contributed by atoms with E-state index in [2.05, 4.69) is 15.3 Å². The second kappa shape index (κ2) is 7.95. The maximum atomic E-state index is 12.8. The average Bonchev–Trinajstić information content (AvgIpc) is 3.21. The fourth-order valence-electron chi connectivity index (χ4n) is 2.82. The number of amides is 1. The summed E-state index contributed by atoms with van der Waals surface area (Å²) in [5.74, 6) is -3.80. The Balaban J connectivity index is 1.75. The van der Waals surface area contributed by atoms with Crippen LogP contribution in [0, 0.1) is 0 Å². The van der Waals surface area contributed by atoms with Gasteiger partial charge in [-0.25, -0.2) is 18.4 Å². The number of halogens is 2. The molecule has 3 rings (SSSR count). The molecule has 0 saturated carbocycles. The molecule has 1 aliphatic heterocycles. The maximum Gasteiger partial charge on any atom is 0.341 e. The Bertz CT molecular complexity index is 931. The number of alkyl halides is 2. The SMILES string of the molecule is O=C(NCc1ccnc(N2CCCC2)n1)c1ccccc1S(=O)(=O)C(F)F. The standard InChI is InChI=1S/C17H18F2N4O3S/c18-16(19)27(25,26)14-6-2-1-5-13(14)15(24)21-11-12-7-8-20-17(22-12)23-9-3-4-10-23/h1-2,5-8,16H,3-4,9-11H2,(H,21,24). The lowest BCUT2D eigenvalue weighted by atomic mass is 10.2. The number of sulfone groups is 1. The lowest BCUT2D eigenvalue weighted by Crippen LogP contribution is -2.27. The van der Waals surface area contributed by atoms with Crippen LogP contribution >= 0.6 is 0 Å². The molecule has 1 aromatic heterocycles. The van der Waals surface area contributed by atoms with Crippen LogP contribution in [0.3, 0.4) is 0 Å². The molecule has 1 aliphatic rings. The van der Waals surface area contributed by atoms with Crippen LogP contribution in [0.5, 0.6) is 0 Å². The van der Waals surface area contributed by atoms with Crippen LogP contribution in [0.1, 0.15) is 28.9 Å². The van der Waals surface area contributed by atoms with Gasteiger partial charge in [-0.3, -0.25) is 4.79 Å². The number of nitrogens with zero attached hydrogens (tertiary/aromatic N) is 3. The summed E-state index contributed by atoms with van der Waals surface area (Å²) >= 11 is 0. The lowest BCUT2D eigenvalue weighted by molar-refractivity contribution is 0.0947. The molecule has 2 heterocycles. The van der Waals surface area contributed by atoms with E-state index in [0.717, 1.165) is 32.0 Å². The van der Waals surface area contributed by atoms with Gasteiger partial charge in [-0.15, -0.1) is 0 Å². The first-order valence-electron chi connectivity index (χ1n) is 8.36. The Labute approximate surface area is 155 Å². The van der Waals surface area contributed by atoms with Crippen molar-refractivity contribution in [3.63, 3.8) is 0 Å². The monoisotopic (exact) mass is 396 g/mol. The molecule has 1 N–H and O–H groups in total. The highest BCUT2D eigenvalue weighted by atomic mass is 32.2. The molecule has 0 aliphatic carbocycles. The minimum atomic E-state index is -4.88. The van der Waals surface area contributed by atoms with E-state index in [4.69, 9.17) is 0 Å². The average molecular weight is 396 g/mol. The van der Waals surface area contributed by atoms with Gasteiger partial charge in [-0.05, 0) is 31.0 Å². The maximum absolute atomic E-state index is 12.8. The van der Waals surface area contributed by atoms with Crippen LogP contribution in [0.4, 0.5) is 14.7 Å². The molecule has 144 valence electrons. The third-order valence-corrected chi connectivity index (χ3v) is 5.63. The van der Waals surface area contributed by atoms with Crippen LogP contribution in [-0.4, -0.2) is 43.1 Å². The van der Waals surface area contributed by atoms with Gasteiger partial charge in [0.15, 0.2) is 0 Å². The fraction of sp³-hybridized carbons (Fsp3) is 0.353. The molecule has 0 bridgehead atoms. The summed E-state index contributed by atoms with van der Waals surface area (Å²) in [5.41, 5.74) is 0.209. The van der Waals surface area contributed by atoms with Gasteiger partial charge in [0.2, 0.25) is 15.8 Å². The molecular weight excluding hydrogens is 378 g/mol. The molecule has 1 saturated heterocycles. The van der Waals surface area contributed by atoms with E-state index in [1.165, 1.54) is 18.2 Å². The molecule has 1 aromatic carbocycles. The second-order valence-electron chi connectivity index (χ2n) is 6.03. The smallest absolute Gasteiger partial charge is 0.341 e. The van der Waals surface area contributed by atoms with Gasteiger partial charge in [0.05, 0.1) is 22.7 Å². The molecule has 1 amide bonds. The van der Waals surface area contributed by atoms with E-state index >= 15 is 0 Å². The van der Waals surface area contributed by atoms with Gasteiger partial charge >= 0.3 is 5.76 Å². The second-order valence-corrected chi connectivity index (χ2v) is 7.91. The molecule has 2 aromatic rings. The quantitative estimate of drug-likeness (QED) is 0.803. The third kappa shape index (κ3) is 4.21. The first kappa shape index (κ1) is 19.2. The van der Waals surface area contributed by atoms with Gasteiger partial charge < -0.3 is 10.2 Å². The number of hydrogen-bond donors (Lipinski definition) is 1. The number of rotatable bonds is 6. The van der Waals surface area contributed by atoms with Crippen LogP contribution in [0.15, 0.2) is 41.4 Å². The summed E-state index contributed by atoms with van der Waals surface area (Å²) in [5, 5.41) is 2.53. The van der Waals surface area contributed by atoms with Gasteiger partial charge in [0.25, 0.3) is 5.91 Å². The van der Waals surface area contributed by atoms with Crippen LogP contribution < -0.4 is 10.2 Å². The summed E-state index contributed by atoms with van der Waals surface area (Å²) < 4.78 is 49.2. The minimum Gasteiger partial charge on any atom is -0.346 e. The van der Waals surface area contributed by atoms with Crippen LogP contribution in [0.25, 0.3) is 0 Å². The molecule has 0 radical (unpaired) electrons. The molecule has 7 nitrogen and oxygen atoms in total. The molecule has 0 atom stereocenters. The van der Waals surface area contributed by atoms with E-state index in [0.29, 0.717) is 11.6 Å². The zero-order chi connectivity index (χ0) is 19.4. The Morgan fingerprint density at radius 1 is 1.19 bits per heavy atom. The fourth-order valence-corrected chi connectivity index (χ4v) is 3.74. The Kier molecular flexibility index (Phi) is 5.64. The van der Waals surface area contributed by atoms with Crippen molar-refractivity contribution in [1.29, 1.82) is 0 Å². The number of benzene rings is 1. The molecule has 10 heteroatoms. The van der Waals surface area contributed by atoms with E-state index in [1.807, 2.05) is 4.90 Å². The predicted molar refractivity (Wildman–Crippen MR) is 94.3 cm³/mol. The molecule has 0 spiro atoms. The highest BCUT2D eigenvalue weighted by molar-refractivity contribution is 7.91. The summed E-state index contributed by atoms with van der Waals surface area (Å²) in [6.07, 6.45) is 3.72. The lowest BCUT2D eigenvalue weighted by Gasteiger charge is -2.15. The number of nitrogens with one attached hydrogen (secondary N) is 1. The Morgan fingerprint density at radius 2 is 1.89 bits per heavy atom. The van der Waals surface area contributed by atoms with Crippen molar-refractivity contribution in [2.24, 2.45) is 0 Å². The molecular formula is C17H18F2N4O3S. The van der Waals surface area contributed by atoms with Crippen molar-refractivity contribution < 1.29 is 22.0 Å². The summed E-state index contributed by atoms with van der Waals surface area (Å²) in [7, 11) is -4.88. The van der Waals surface area contributed by atoms with Crippen molar-refractivity contribution in [1.82, 2.24) is 15.3 Å². The largest absolute Gasteiger partial charge is 0.346 e. The number of anilines is 1. The van der Waals surface area contributed by atoms with E-state index in [1.54, 1.807) is 12.3 Å². The van der Waals surface area contributed by atoms with Crippen molar-refractivity contribution in [2.75, 3.05) is 18.0 Å². The normalized spacial score (nSPS) is 14.6. The predicted octanol–water partition coefficient (Wildman–Crippen LogP) is 2.00. The summed E-state index contributed by atoms with van der Waals surface area (Å²) in [6.45, 7) is 1.76. The first-order valence-corrected chi connectivity index (χ1v) is 9.90. The minimum absolute atomic E-state index is 0.0191. The summed E-state index contributed by atoms with van der Waals surface area (Å²) in [6, 6.07) is 6.52. The molecule has 27 heavy (non-hydrogen) atoms. The zero-order valence-electron chi connectivity index (χ0n) is 14.3. The third-order valence-electron chi connectivity index (χ3n) is 4.19. The highest BCUT2D eigenvalue weighted by Gasteiger charge is 2.30. The number of carbonyl (C=O) groups is 1. The van der Waals surface area contributed by atoms with Gasteiger partial charge in [0.1, 0.15) is 0 Å². The van der Waals surface area contributed by atoms with E-state index in [9.17, 15) is 22.0 Å². The van der Waals surface area contributed by atoms with Crippen molar-refractivity contribution in [3.05, 3.63) is 47.8 Å². The van der Waals surface area contributed by atoms with E-state index < -0.39 is 26.4 Å². The van der Waals surface area contributed by atoms with Gasteiger partial charge in [-0.2, -0.15) is 8.78 Å². The Hall–Kier alpha value is -2.62. The van der Waals surface area contributed by atoms with Gasteiger partial charge in [-0.1, -0.05) is 12.1 Å². The van der Waals surface area contributed by atoms with Crippen molar-refractivity contribution >= 4 is 21.7 Å². The number of aromatic nitrogens is 2. The van der Waals surface area contributed by atoms with Gasteiger partial charge in [0, 0.05) is 19.3 Å². The number of hydrogen-bond acceptors (Lipinski definition) is 6. The number of carbonyl (C=O) groups excluding carboxylic acids is 1. The van der Waals surface area contributed by atoms with Crippen molar-refractivity contribution in [3.8, 4) is 0 Å². The van der Waals surface area contributed by atoms with Crippen molar-refractivity contribution in [2.45, 2.75) is 30.0 Å². The molecule has 1 fully saturated rings.